The Hall–Kier alpha value is -1.82. The van der Waals surface area contributed by atoms with Crippen molar-refractivity contribution in [2.24, 2.45) is 0 Å². The van der Waals surface area contributed by atoms with Gasteiger partial charge in [0.05, 0.1) is 19.8 Å². The zero-order valence-electron chi connectivity index (χ0n) is 16.9. The molecule has 0 N–H and O–H groups in total. The van der Waals surface area contributed by atoms with Crippen molar-refractivity contribution in [1.82, 2.24) is 5.06 Å². The average Bonchev–Trinajstić information content (AvgIpc) is 3.16. The van der Waals surface area contributed by atoms with Crippen LogP contribution in [0.4, 0.5) is 8.78 Å². The summed E-state index contributed by atoms with van der Waals surface area (Å²) in [5.41, 5.74) is 3.49. The second-order valence-electron chi connectivity index (χ2n) is 7.57. The largest absolute Gasteiger partial charge is 0.377 e. The highest BCUT2D eigenvalue weighted by Crippen LogP contribution is 2.30. The molecule has 0 bridgehead atoms. The van der Waals surface area contributed by atoms with Gasteiger partial charge in [-0.25, -0.2) is 8.78 Å². The molecule has 0 saturated carbocycles. The number of nitrogens with zero attached hydrogens (tertiary/aromatic N) is 1. The van der Waals surface area contributed by atoms with Gasteiger partial charge in [0.1, 0.15) is 11.6 Å². The van der Waals surface area contributed by atoms with Crippen LogP contribution < -0.4 is 0 Å². The van der Waals surface area contributed by atoms with E-state index in [-0.39, 0.29) is 24.0 Å². The monoisotopic (exact) mass is 389 g/mol. The van der Waals surface area contributed by atoms with Crippen LogP contribution in [0, 0.1) is 25.5 Å². The average molecular weight is 389 g/mol. The quantitative estimate of drug-likeness (QED) is 0.596. The third-order valence-corrected chi connectivity index (χ3v) is 5.58. The van der Waals surface area contributed by atoms with E-state index in [2.05, 4.69) is 0 Å². The fourth-order valence-corrected chi connectivity index (χ4v) is 4.19. The van der Waals surface area contributed by atoms with Crippen LogP contribution in [-0.4, -0.2) is 38.0 Å². The second-order valence-corrected chi connectivity index (χ2v) is 7.57. The van der Waals surface area contributed by atoms with Crippen molar-refractivity contribution in [1.29, 1.82) is 0 Å². The molecular formula is C23H29F2NO2. The molecule has 0 aromatic heterocycles. The normalized spacial score (nSPS) is 18.0. The molecular weight excluding hydrogens is 360 g/mol. The Morgan fingerprint density at radius 2 is 1.75 bits per heavy atom. The molecule has 0 spiro atoms. The van der Waals surface area contributed by atoms with Gasteiger partial charge >= 0.3 is 0 Å². The van der Waals surface area contributed by atoms with Crippen LogP contribution in [0.2, 0.25) is 0 Å². The Kier molecular flexibility index (Phi) is 7.16. The van der Waals surface area contributed by atoms with E-state index in [0.29, 0.717) is 13.1 Å². The maximum Gasteiger partial charge on any atom is 0.129 e. The molecule has 2 unspecified atom stereocenters. The molecule has 152 valence electrons. The van der Waals surface area contributed by atoms with E-state index in [4.69, 9.17) is 9.57 Å². The summed E-state index contributed by atoms with van der Waals surface area (Å²) in [6.45, 7) is 6.06. The van der Waals surface area contributed by atoms with Crippen molar-refractivity contribution in [3.8, 4) is 0 Å². The number of ether oxygens (including phenoxy) is 1. The third-order valence-electron chi connectivity index (χ3n) is 5.58. The summed E-state index contributed by atoms with van der Waals surface area (Å²) in [6.07, 6.45) is 2.48. The van der Waals surface area contributed by atoms with E-state index < -0.39 is 11.6 Å². The molecule has 1 heterocycles. The number of hydrogen-bond acceptors (Lipinski definition) is 3. The molecule has 0 radical (unpaired) electrons. The molecule has 0 aliphatic carbocycles. The maximum absolute atomic E-state index is 14.4. The fourth-order valence-electron chi connectivity index (χ4n) is 4.19. The van der Waals surface area contributed by atoms with Gasteiger partial charge in [-0.05, 0) is 61.9 Å². The van der Waals surface area contributed by atoms with E-state index >= 15 is 0 Å². The van der Waals surface area contributed by atoms with Crippen molar-refractivity contribution in [3.05, 3.63) is 70.3 Å². The van der Waals surface area contributed by atoms with Crippen LogP contribution in [0.3, 0.4) is 0 Å². The molecule has 28 heavy (non-hydrogen) atoms. The first-order valence-corrected chi connectivity index (χ1v) is 9.89. The standard InChI is InChI=1S/C23H29F2NO2/c1-16-7-4-8-17(2)23(16)18(13-20-21(24)10-5-11-22(20)25)14-26(27-3)15-19-9-6-12-28-19/h4-5,7-8,10-11,18-19H,6,9,12-15H2,1-3H3. The van der Waals surface area contributed by atoms with E-state index in [0.717, 1.165) is 36.1 Å². The number of rotatable bonds is 8. The van der Waals surface area contributed by atoms with Crippen molar-refractivity contribution in [3.63, 3.8) is 0 Å². The van der Waals surface area contributed by atoms with Crippen molar-refractivity contribution >= 4 is 0 Å². The predicted molar refractivity (Wildman–Crippen MR) is 106 cm³/mol. The van der Waals surface area contributed by atoms with Gasteiger partial charge in [0.15, 0.2) is 0 Å². The summed E-state index contributed by atoms with van der Waals surface area (Å²) in [7, 11) is 1.64. The summed E-state index contributed by atoms with van der Waals surface area (Å²) < 4.78 is 34.5. The molecule has 1 aliphatic rings. The molecule has 2 aromatic carbocycles. The van der Waals surface area contributed by atoms with Crippen LogP contribution in [0.5, 0.6) is 0 Å². The minimum absolute atomic E-state index is 0.103. The minimum atomic E-state index is -0.501. The van der Waals surface area contributed by atoms with Gasteiger partial charge in [0.25, 0.3) is 0 Å². The lowest BCUT2D eigenvalue weighted by atomic mass is 9.85. The Morgan fingerprint density at radius 3 is 2.32 bits per heavy atom. The molecule has 1 fully saturated rings. The smallest absolute Gasteiger partial charge is 0.129 e. The van der Waals surface area contributed by atoms with Gasteiger partial charge in [-0.15, -0.1) is 0 Å². The lowest BCUT2D eigenvalue weighted by molar-refractivity contribution is -0.152. The highest BCUT2D eigenvalue weighted by molar-refractivity contribution is 5.38. The Bertz CT molecular complexity index is 750. The first-order chi connectivity index (χ1) is 13.5. The molecule has 1 saturated heterocycles. The molecule has 3 rings (SSSR count). The van der Waals surface area contributed by atoms with E-state index in [1.165, 1.54) is 18.2 Å². The van der Waals surface area contributed by atoms with Gasteiger partial charge in [-0.2, -0.15) is 5.06 Å². The van der Waals surface area contributed by atoms with Crippen LogP contribution >= 0.6 is 0 Å². The van der Waals surface area contributed by atoms with Gasteiger partial charge in [0.2, 0.25) is 0 Å². The molecule has 5 heteroatoms. The first kappa shape index (κ1) is 20.9. The van der Waals surface area contributed by atoms with Crippen LogP contribution in [0.15, 0.2) is 36.4 Å². The Balaban J connectivity index is 1.89. The van der Waals surface area contributed by atoms with Gasteiger partial charge < -0.3 is 9.57 Å². The topological polar surface area (TPSA) is 21.7 Å². The summed E-state index contributed by atoms with van der Waals surface area (Å²) in [5, 5.41) is 1.87. The van der Waals surface area contributed by atoms with Crippen molar-refractivity contribution < 1.29 is 18.4 Å². The summed E-state index contributed by atoms with van der Waals surface area (Å²) >= 11 is 0. The van der Waals surface area contributed by atoms with Gasteiger partial charge in [0, 0.05) is 24.6 Å². The minimum Gasteiger partial charge on any atom is -0.377 e. The lowest BCUT2D eigenvalue weighted by Crippen LogP contribution is -2.35. The second kappa shape index (κ2) is 9.59. The summed E-state index contributed by atoms with van der Waals surface area (Å²) in [6, 6.07) is 10.1. The third kappa shape index (κ3) is 4.96. The lowest BCUT2D eigenvalue weighted by Gasteiger charge is -2.29. The van der Waals surface area contributed by atoms with Crippen molar-refractivity contribution in [2.45, 2.75) is 45.1 Å². The molecule has 2 aromatic rings. The SMILES string of the molecule is CON(CC1CCCO1)CC(Cc1c(F)cccc1F)c1c(C)cccc1C. The Labute approximate surface area is 166 Å². The highest BCUT2D eigenvalue weighted by atomic mass is 19.1. The van der Waals surface area contributed by atoms with Gasteiger partial charge in [-0.1, -0.05) is 24.3 Å². The number of hydroxylamine groups is 2. The first-order valence-electron chi connectivity index (χ1n) is 9.89. The molecule has 1 aliphatic heterocycles. The number of aryl methyl sites for hydroxylation is 2. The molecule has 0 amide bonds. The highest BCUT2D eigenvalue weighted by Gasteiger charge is 2.26. The van der Waals surface area contributed by atoms with Crippen molar-refractivity contribution in [2.75, 3.05) is 26.8 Å². The van der Waals surface area contributed by atoms with Gasteiger partial charge in [-0.3, -0.25) is 0 Å². The van der Waals surface area contributed by atoms with E-state index in [1.807, 2.05) is 37.1 Å². The van der Waals surface area contributed by atoms with Crippen LogP contribution in [-0.2, 0) is 16.0 Å². The molecule has 3 nitrogen and oxygen atoms in total. The zero-order chi connectivity index (χ0) is 20.1. The number of benzene rings is 2. The van der Waals surface area contributed by atoms with Crippen LogP contribution in [0.25, 0.3) is 0 Å². The molecule has 2 atom stereocenters. The summed E-state index contributed by atoms with van der Waals surface area (Å²) in [4.78, 5) is 5.61. The number of hydrogen-bond donors (Lipinski definition) is 0. The summed E-state index contributed by atoms with van der Waals surface area (Å²) in [5.74, 6) is -1.10. The predicted octanol–water partition coefficient (Wildman–Crippen LogP) is 4.95. The Morgan fingerprint density at radius 1 is 1.11 bits per heavy atom. The number of halogens is 2. The maximum atomic E-state index is 14.4. The van der Waals surface area contributed by atoms with E-state index in [1.54, 1.807) is 7.11 Å². The van der Waals surface area contributed by atoms with E-state index in [9.17, 15) is 8.78 Å². The van der Waals surface area contributed by atoms with Crippen LogP contribution in [0.1, 0.15) is 41.0 Å². The zero-order valence-corrected chi connectivity index (χ0v) is 16.9. The fraction of sp³-hybridized carbons (Fsp3) is 0.478.